The van der Waals surface area contributed by atoms with Crippen molar-refractivity contribution in [2.45, 2.75) is 44.8 Å². The number of hydrogen-bond donors (Lipinski definition) is 3. The summed E-state index contributed by atoms with van der Waals surface area (Å²) in [5.41, 5.74) is 7.16. The molecule has 3 amide bonds. The van der Waals surface area contributed by atoms with E-state index in [2.05, 4.69) is 10.6 Å². The summed E-state index contributed by atoms with van der Waals surface area (Å²) in [5.74, 6) is -0.826. The number of amides is 3. The Labute approximate surface area is 187 Å². The maximum absolute atomic E-state index is 12.1. The lowest BCUT2D eigenvalue weighted by Crippen LogP contribution is -2.45. The van der Waals surface area contributed by atoms with E-state index >= 15 is 0 Å². The molecule has 0 bridgehead atoms. The quantitative estimate of drug-likeness (QED) is 0.435. The van der Waals surface area contributed by atoms with Crippen molar-refractivity contribution in [2.24, 2.45) is 5.73 Å². The van der Waals surface area contributed by atoms with Gasteiger partial charge in [0.15, 0.2) is 0 Å². The molecular weight excluding hydrogens is 418 g/mol. The number of rotatable bonds is 12. The van der Waals surface area contributed by atoms with Crippen LogP contribution in [-0.4, -0.2) is 30.5 Å². The van der Waals surface area contributed by atoms with Gasteiger partial charge in [-0.1, -0.05) is 60.5 Å². The van der Waals surface area contributed by atoms with Gasteiger partial charge in [-0.2, -0.15) is 0 Å². The second-order valence-corrected chi connectivity index (χ2v) is 7.59. The molecule has 0 spiro atoms. The molecule has 0 aliphatic rings. The number of benzene rings is 2. The molecule has 0 aliphatic heterocycles. The Bertz CT molecular complexity index is 861. The van der Waals surface area contributed by atoms with Crippen LogP contribution in [0.25, 0.3) is 0 Å². The molecule has 8 heteroatoms. The fourth-order valence-electron chi connectivity index (χ4n) is 2.94. The minimum Gasteiger partial charge on any atom is -0.445 e. The monoisotopic (exact) mass is 445 g/mol. The highest BCUT2D eigenvalue weighted by atomic mass is 35.5. The fraction of sp³-hybridized carbons (Fsp3) is 0.348. The van der Waals surface area contributed by atoms with Gasteiger partial charge in [-0.3, -0.25) is 9.59 Å². The molecular formula is C23H28ClN3O4. The number of nitrogens with one attached hydrogen (secondary N) is 2. The van der Waals surface area contributed by atoms with Gasteiger partial charge in [0.2, 0.25) is 11.8 Å². The highest BCUT2D eigenvalue weighted by Crippen LogP contribution is 2.12. The first-order chi connectivity index (χ1) is 14.9. The predicted octanol–water partition coefficient (Wildman–Crippen LogP) is 3.34. The number of halogens is 1. The summed E-state index contributed by atoms with van der Waals surface area (Å²) in [6.07, 6.45) is 2.20. The normalized spacial score (nSPS) is 11.4. The molecule has 0 unspecified atom stereocenters. The Kier molecular flexibility index (Phi) is 10.4. The summed E-state index contributed by atoms with van der Waals surface area (Å²) < 4.78 is 5.13. The smallest absolute Gasteiger partial charge is 0.407 e. The van der Waals surface area contributed by atoms with Crippen LogP contribution in [0.5, 0.6) is 0 Å². The molecule has 7 nitrogen and oxygen atoms in total. The number of unbranched alkanes of at least 4 members (excludes halogenated alkanes) is 2. The van der Waals surface area contributed by atoms with E-state index in [1.54, 1.807) is 18.2 Å². The van der Waals surface area contributed by atoms with Crippen LogP contribution in [0.2, 0.25) is 5.02 Å². The van der Waals surface area contributed by atoms with E-state index in [1.165, 1.54) is 0 Å². The van der Waals surface area contributed by atoms with Crippen molar-refractivity contribution in [3.05, 3.63) is 70.7 Å². The van der Waals surface area contributed by atoms with Crippen LogP contribution < -0.4 is 16.4 Å². The predicted molar refractivity (Wildman–Crippen MR) is 119 cm³/mol. The van der Waals surface area contributed by atoms with Gasteiger partial charge in [0.25, 0.3) is 0 Å². The van der Waals surface area contributed by atoms with Crippen LogP contribution in [0, 0.1) is 0 Å². The third-order valence-corrected chi connectivity index (χ3v) is 4.81. The van der Waals surface area contributed by atoms with Gasteiger partial charge >= 0.3 is 6.09 Å². The second-order valence-electron chi connectivity index (χ2n) is 7.16. The maximum atomic E-state index is 12.1. The maximum Gasteiger partial charge on any atom is 0.407 e. The highest BCUT2D eigenvalue weighted by Gasteiger charge is 2.18. The van der Waals surface area contributed by atoms with E-state index in [0.717, 1.165) is 24.0 Å². The molecule has 4 N–H and O–H groups in total. The van der Waals surface area contributed by atoms with Gasteiger partial charge in [0, 0.05) is 24.4 Å². The van der Waals surface area contributed by atoms with Crippen LogP contribution in [0.4, 0.5) is 4.79 Å². The van der Waals surface area contributed by atoms with Crippen LogP contribution in [0.1, 0.15) is 36.8 Å². The summed E-state index contributed by atoms with van der Waals surface area (Å²) in [6, 6.07) is 15.7. The third kappa shape index (κ3) is 10.00. The van der Waals surface area contributed by atoms with Crippen molar-refractivity contribution in [2.75, 3.05) is 6.54 Å². The highest BCUT2D eigenvalue weighted by molar-refractivity contribution is 6.30. The summed E-state index contributed by atoms with van der Waals surface area (Å²) in [7, 11) is 0. The van der Waals surface area contributed by atoms with E-state index in [4.69, 9.17) is 22.1 Å². The largest absolute Gasteiger partial charge is 0.445 e. The first kappa shape index (κ1) is 24.2. The van der Waals surface area contributed by atoms with Gasteiger partial charge < -0.3 is 21.1 Å². The summed E-state index contributed by atoms with van der Waals surface area (Å²) in [6.45, 7) is 0.691. The van der Waals surface area contributed by atoms with Gasteiger partial charge in [0.05, 0.1) is 0 Å². The lowest BCUT2D eigenvalue weighted by atomic mass is 10.0. The fourth-order valence-corrected chi connectivity index (χ4v) is 3.15. The van der Waals surface area contributed by atoms with Gasteiger partial charge in [-0.25, -0.2) is 4.79 Å². The van der Waals surface area contributed by atoms with E-state index in [-0.39, 0.29) is 25.4 Å². The molecule has 166 valence electrons. The molecule has 1 atom stereocenters. The first-order valence-electron chi connectivity index (χ1n) is 10.2. The lowest BCUT2D eigenvalue weighted by molar-refractivity contribution is -0.127. The van der Waals surface area contributed by atoms with Crippen molar-refractivity contribution in [3.63, 3.8) is 0 Å². The minimum atomic E-state index is -0.785. The number of carbonyl (C=O) groups is 3. The number of ether oxygens (including phenoxy) is 1. The molecule has 0 radical (unpaired) electrons. The summed E-state index contributed by atoms with van der Waals surface area (Å²) >= 11 is 5.95. The van der Waals surface area contributed by atoms with E-state index in [1.807, 2.05) is 36.4 Å². The third-order valence-electron chi connectivity index (χ3n) is 4.57. The molecule has 0 aliphatic carbocycles. The van der Waals surface area contributed by atoms with Gasteiger partial charge in [-0.05, 0) is 36.1 Å². The molecule has 0 heterocycles. The number of primary amides is 1. The van der Waals surface area contributed by atoms with Crippen LogP contribution >= 0.6 is 11.6 Å². The standard InChI is InChI=1S/C23H28ClN3O4/c24-19-11-7-10-18(14-19)15-20(22(25)29)27-21(28)12-5-2-6-13-26-23(30)31-16-17-8-3-1-4-9-17/h1,3-4,7-11,14,20H,2,5-6,12-13,15-16H2,(H2,25,29)(H,26,30)(H,27,28)/t20-/m1/s1. The van der Waals surface area contributed by atoms with Gasteiger partial charge in [0.1, 0.15) is 12.6 Å². The Morgan fingerprint density at radius 3 is 2.42 bits per heavy atom. The minimum absolute atomic E-state index is 0.225. The Morgan fingerprint density at radius 2 is 1.71 bits per heavy atom. The Hall–Kier alpha value is -3.06. The zero-order valence-corrected chi connectivity index (χ0v) is 18.1. The number of alkyl carbamates (subject to hydrolysis) is 1. The van der Waals surface area contributed by atoms with Crippen molar-refractivity contribution in [1.29, 1.82) is 0 Å². The van der Waals surface area contributed by atoms with E-state index in [9.17, 15) is 14.4 Å². The zero-order valence-electron chi connectivity index (χ0n) is 17.3. The summed E-state index contributed by atoms with van der Waals surface area (Å²) in [5, 5.41) is 5.93. The number of nitrogens with two attached hydrogens (primary N) is 1. The SMILES string of the molecule is NC(=O)[C@@H](Cc1cccc(Cl)c1)NC(=O)CCCCCNC(=O)OCc1ccccc1. The van der Waals surface area contributed by atoms with Crippen molar-refractivity contribution >= 4 is 29.5 Å². The number of hydrogen-bond acceptors (Lipinski definition) is 4. The molecule has 0 saturated heterocycles. The van der Waals surface area contributed by atoms with Crippen LogP contribution in [0.15, 0.2) is 54.6 Å². The molecule has 2 aromatic rings. The topological polar surface area (TPSA) is 111 Å². The van der Waals surface area contributed by atoms with Crippen LogP contribution in [-0.2, 0) is 27.4 Å². The second kappa shape index (κ2) is 13.3. The molecule has 0 saturated carbocycles. The Morgan fingerprint density at radius 1 is 0.968 bits per heavy atom. The van der Waals surface area contributed by atoms with Crippen LogP contribution in [0.3, 0.4) is 0 Å². The molecule has 0 fully saturated rings. The average Bonchev–Trinajstić information content (AvgIpc) is 2.75. The van der Waals surface area contributed by atoms with Crippen molar-refractivity contribution in [1.82, 2.24) is 10.6 Å². The molecule has 0 aromatic heterocycles. The number of carbonyl (C=O) groups excluding carboxylic acids is 3. The molecule has 2 rings (SSSR count). The van der Waals surface area contributed by atoms with E-state index < -0.39 is 18.0 Å². The Balaban J connectivity index is 1.58. The molecule has 31 heavy (non-hydrogen) atoms. The summed E-state index contributed by atoms with van der Waals surface area (Å²) in [4.78, 5) is 35.5. The zero-order chi connectivity index (χ0) is 22.5. The lowest BCUT2D eigenvalue weighted by Gasteiger charge is -2.16. The van der Waals surface area contributed by atoms with E-state index in [0.29, 0.717) is 18.0 Å². The van der Waals surface area contributed by atoms with Gasteiger partial charge in [-0.15, -0.1) is 0 Å². The van der Waals surface area contributed by atoms with Crippen molar-refractivity contribution in [3.8, 4) is 0 Å². The van der Waals surface area contributed by atoms with Crippen molar-refractivity contribution < 1.29 is 19.1 Å². The average molecular weight is 446 g/mol. The molecule has 2 aromatic carbocycles. The first-order valence-corrected chi connectivity index (χ1v) is 10.6.